The van der Waals surface area contributed by atoms with Crippen molar-refractivity contribution in [3.05, 3.63) is 71.9 Å². The second-order valence-electron chi connectivity index (χ2n) is 8.03. The molecule has 1 aliphatic rings. The highest BCUT2D eigenvalue weighted by Crippen LogP contribution is 2.37. The van der Waals surface area contributed by atoms with Crippen LogP contribution < -0.4 is 0 Å². The van der Waals surface area contributed by atoms with Crippen LogP contribution in [0.4, 0.5) is 0 Å². The van der Waals surface area contributed by atoms with E-state index in [0.29, 0.717) is 25.0 Å². The second-order valence-corrected chi connectivity index (χ2v) is 9.94. The summed E-state index contributed by atoms with van der Waals surface area (Å²) in [5.41, 5.74) is 2.34. The Morgan fingerprint density at radius 1 is 1.10 bits per heavy atom. The summed E-state index contributed by atoms with van der Waals surface area (Å²) in [5, 5.41) is 11.1. The number of hydrogen-bond donors (Lipinski definition) is 1. The van der Waals surface area contributed by atoms with Crippen LogP contribution >= 0.6 is 0 Å². The van der Waals surface area contributed by atoms with E-state index in [1.165, 1.54) is 9.87 Å². The quantitative estimate of drug-likeness (QED) is 0.698. The van der Waals surface area contributed by atoms with Gasteiger partial charge in [-0.1, -0.05) is 42.5 Å². The maximum Gasteiger partial charge on any atom is 0.245 e. The zero-order valence-corrected chi connectivity index (χ0v) is 17.4. The van der Waals surface area contributed by atoms with Crippen molar-refractivity contribution in [1.29, 1.82) is 0 Å². The van der Waals surface area contributed by atoms with Gasteiger partial charge >= 0.3 is 0 Å². The van der Waals surface area contributed by atoms with Crippen LogP contribution in [0.3, 0.4) is 0 Å². The van der Waals surface area contributed by atoms with Gasteiger partial charge in [-0.05, 0) is 49.4 Å². The summed E-state index contributed by atoms with van der Waals surface area (Å²) >= 11 is 0. The molecule has 1 aromatic heterocycles. The lowest BCUT2D eigenvalue weighted by Gasteiger charge is -2.41. The number of aromatic nitrogens is 1. The predicted octanol–water partition coefficient (Wildman–Crippen LogP) is 3.55. The number of aliphatic hydroxyl groups is 1. The molecule has 4 rings (SSSR count). The van der Waals surface area contributed by atoms with E-state index in [9.17, 15) is 13.5 Å². The minimum absolute atomic E-state index is 0.0405. The Hall–Kier alpha value is -2.28. The average Bonchev–Trinajstić information content (AvgIpc) is 2.75. The van der Waals surface area contributed by atoms with E-state index in [0.717, 1.165) is 23.8 Å². The number of benzene rings is 2. The lowest BCUT2D eigenvalue weighted by molar-refractivity contribution is 0.0644. The Balaban J connectivity index is 1.68. The molecule has 1 saturated heterocycles. The normalized spacial score (nSPS) is 20.8. The maximum atomic E-state index is 13.5. The van der Waals surface area contributed by atoms with Gasteiger partial charge < -0.3 is 5.11 Å². The van der Waals surface area contributed by atoms with Crippen LogP contribution in [0.5, 0.6) is 0 Å². The third kappa shape index (κ3) is 3.80. The summed E-state index contributed by atoms with van der Waals surface area (Å²) in [6, 6.07) is 17.0. The van der Waals surface area contributed by atoms with Gasteiger partial charge in [0.25, 0.3) is 0 Å². The Labute approximate surface area is 172 Å². The number of para-hydroxylation sites is 1. The third-order valence-corrected chi connectivity index (χ3v) is 7.88. The van der Waals surface area contributed by atoms with Crippen LogP contribution in [0, 0.1) is 12.3 Å². The average molecular weight is 411 g/mol. The molecule has 1 aliphatic heterocycles. The zero-order valence-electron chi connectivity index (χ0n) is 16.6. The first-order chi connectivity index (χ1) is 14.0. The van der Waals surface area contributed by atoms with E-state index < -0.39 is 15.4 Å². The lowest BCUT2D eigenvalue weighted by Crippen LogP contribution is -2.49. The molecular formula is C23H26N2O3S. The second kappa shape index (κ2) is 7.86. The van der Waals surface area contributed by atoms with Gasteiger partial charge in [0.1, 0.15) is 4.90 Å². The molecule has 152 valence electrons. The fourth-order valence-electron chi connectivity index (χ4n) is 4.33. The first-order valence-corrected chi connectivity index (χ1v) is 11.4. The van der Waals surface area contributed by atoms with Crippen molar-refractivity contribution < 1.29 is 13.5 Å². The van der Waals surface area contributed by atoms with Crippen molar-refractivity contribution in [3.8, 4) is 0 Å². The van der Waals surface area contributed by atoms with E-state index >= 15 is 0 Å². The first-order valence-electron chi connectivity index (χ1n) is 9.94. The SMILES string of the molecule is Cc1ccccc1C[C@@]1(CO)CCCN(S(=O)(=O)c2cccc3cccnc23)C1. The highest BCUT2D eigenvalue weighted by atomic mass is 32.2. The molecule has 0 radical (unpaired) electrons. The minimum Gasteiger partial charge on any atom is -0.396 e. The highest BCUT2D eigenvalue weighted by Gasteiger charge is 2.40. The molecule has 1 atom stereocenters. The summed E-state index contributed by atoms with van der Waals surface area (Å²) in [6.07, 6.45) is 3.81. The van der Waals surface area contributed by atoms with Crippen molar-refractivity contribution in [2.45, 2.75) is 31.1 Å². The number of aryl methyl sites for hydroxylation is 1. The number of pyridine rings is 1. The molecule has 29 heavy (non-hydrogen) atoms. The molecule has 3 aromatic rings. The van der Waals surface area contributed by atoms with Gasteiger partial charge in [-0.25, -0.2) is 8.42 Å². The Kier molecular flexibility index (Phi) is 5.42. The standard InChI is InChI=1S/C23H26N2O3S/c1-18-7-2-3-8-20(18)15-23(17-26)12-6-14-25(16-23)29(27,28)21-11-4-9-19-10-5-13-24-22(19)21/h2-5,7-11,13,26H,6,12,14-17H2,1H3/t23-/m0/s1. The monoisotopic (exact) mass is 410 g/mol. The number of nitrogens with zero attached hydrogens (tertiary/aromatic N) is 2. The van der Waals surface area contributed by atoms with Crippen molar-refractivity contribution in [3.63, 3.8) is 0 Å². The van der Waals surface area contributed by atoms with Crippen molar-refractivity contribution in [2.24, 2.45) is 5.41 Å². The summed E-state index contributed by atoms with van der Waals surface area (Å²) < 4.78 is 28.6. The van der Waals surface area contributed by atoms with Crippen LogP contribution in [0.1, 0.15) is 24.0 Å². The molecular weight excluding hydrogens is 384 g/mol. The smallest absolute Gasteiger partial charge is 0.245 e. The Bertz CT molecular complexity index is 1120. The number of piperidine rings is 1. The molecule has 1 fully saturated rings. The fraction of sp³-hybridized carbons (Fsp3) is 0.348. The zero-order chi connectivity index (χ0) is 20.5. The predicted molar refractivity (Wildman–Crippen MR) is 114 cm³/mol. The first kappa shape index (κ1) is 20.0. The molecule has 0 amide bonds. The molecule has 6 heteroatoms. The van der Waals surface area contributed by atoms with Gasteiger partial charge in [0, 0.05) is 30.1 Å². The molecule has 0 aliphatic carbocycles. The summed E-state index contributed by atoms with van der Waals surface area (Å²) in [7, 11) is -3.71. The maximum absolute atomic E-state index is 13.5. The number of sulfonamides is 1. The molecule has 0 spiro atoms. The summed E-state index contributed by atoms with van der Waals surface area (Å²) in [6.45, 7) is 2.78. The van der Waals surface area contributed by atoms with E-state index in [1.807, 2.05) is 24.3 Å². The molecule has 5 nitrogen and oxygen atoms in total. The van der Waals surface area contributed by atoms with Crippen molar-refractivity contribution in [2.75, 3.05) is 19.7 Å². The van der Waals surface area contributed by atoms with Crippen molar-refractivity contribution in [1.82, 2.24) is 9.29 Å². The third-order valence-electron chi connectivity index (χ3n) is 6.00. The summed E-state index contributed by atoms with van der Waals surface area (Å²) in [4.78, 5) is 4.56. The van der Waals surface area contributed by atoms with Gasteiger partial charge in [0.2, 0.25) is 10.0 Å². The topological polar surface area (TPSA) is 70.5 Å². The van der Waals surface area contributed by atoms with Crippen molar-refractivity contribution >= 4 is 20.9 Å². The molecule has 0 saturated carbocycles. The van der Waals surface area contributed by atoms with Crippen LogP contribution in [-0.4, -0.2) is 42.5 Å². The summed E-state index contributed by atoms with van der Waals surface area (Å²) in [5.74, 6) is 0. The molecule has 2 aromatic carbocycles. The lowest BCUT2D eigenvalue weighted by atomic mass is 9.76. The van der Waals surface area contributed by atoms with Crippen LogP contribution in [0.2, 0.25) is 0 Å². The van der Waals surface area contributed by atoms with Gasteiger partial charge in [-0.15, -0.1) is 0 Å². The largest absolute Gasteiger partial charge is 0.396 e. The van der Waals surface area contributed by atoms with Gasteiger partial charge in [0.15, 0.2) is 0 Å². The van der Waals surface area contributed by atoms with Crippen LogP contribution in [0.25, 0.3) is 10.9 Å². The Morgan fingerprint density at radius 3 is 2.69 bits per heavy atom. The fourth-order valence-corrected chi connectivity index (χ4v) is 6.09. The number of rotatable bonds is 5. The number of hydrogen-bond acceptors (Lipinski definition) is 4. The van der Waals surface area contributed by atoms with Gasteiger partial charge in [0.05, 0.1) is 12.1 Å². The molecule has 0 bridgehead atoms. The number of fused-ring (bicyclic) bond motifs is 1. The van der Waals surface area contributed by atoms with E-state index in [2.05, 4.69) is 24.0 Å². The highest BCUT2D eigenvalue weighted by molar-refractivity contribution is 7.89. The minimum atomic E-state index is -3.71. The van der Waals surface area contributed by atoms with Crippen LogP contribution in [-0.2, 0) is 16.4 Å². The Morgan fingerprint density at radius 2 is 1.90 bits per heavy atom. The van der Waals surface area contributed by atoms with Gasteiger partial charge in [-0.2, -0.15) is 4.31 Å². The van der Waals surface area contributed by atoms with E-state index in [-0.39, 0.29) is 11.5 Å². The van der Waals surface area contributed by atoms with Gasteiger partial charge in [-0.3, -0.25) is 4.98 Å². The van der Waals surface area contributed by atoms with E-state index in [1.54, 1.807) is 24.4 Å². The molecule has 1 N–H and O–H groups in total. The molecule has 0 unspecified atom stereocenters. The van der Waals surface area contributed by atoms with Crippen LogP contribution in [0.15, 0.2) is 65.7 Å². The molecule has 2 heterocycles. The van der Waals surface area contributed by atoms with E-state index in [4.69, 9.17) is 0 Å². The number of aliphatic hydroxyl groups excluding tert-OH is 1.